The largest absolute Gasteiger partial charge is 0.378 e. The predicted molar refractivity (Wildman–Crippen MR) is 50.3 cm³/mol. The monoisotopic (exact) mass is 172 g/mol. The number of likely N-dealkylation sites (N-methyl/N-ethyl adjacent to an activating group) is 1. The van der Waals surface area contributed by atoms with Gasteiger partial charge in [-0.2, -0.15) is 0 Å². The summed E-state index contributed by atoms with van der Waals surface area (Å²) in [4.78, 5) is 0. The quantitative estimate of drug-likeness (QED) is 0.582. The molecule has 1 heterocycles. The lowest BCUT2D eigenvalue weighted by molar-refractivity contribution is 0.120. The second kappa shape index (κ2) is 5.51. The lowest BCUT2D eigenvalue weighted by Crippen LogP contribution is -2.29. The summed E-state index contributed by atoms with van der Waals surface area (Å²) in [7, 11) is 1.97. The molecule has 0 aromatic carbocycles. The SMILES string of the molecule is CNCCNCC1COC(C)C1. The molecule has 2 unspecified atom stereocenters. The van der Waals surface area contributed by atoms with E-state index < -0.39 is 0 Å². The second-order valence-electron chi connectivity index (χ2n) is 3.55. The third-order valence-electron chi connectivity index (χ3n) is 2.27. The Morgan fingerprint density at radius 3 is 2.83 bits per heavy atom. The summed E-state index contributed by atoms with van der Waals surface area (Å²) < 4.78 is 5.47. The van der Waals surface area contributed by atoms with E-state index in [9.17, 15) is 0 Å². The molecule has 1 rings (SSSR count). The van der Waals surface area contributed by atoms with Crippen LogP contribution >= 0.6 is 0 Å². The summed E-state index contributed by atoms with van der Waals surface area (Å²) in [5, 5.41) is 6.51. The molecule has 3 heteroatoms. The zero-order chi connectivity index (χ0) is 8.81. The summed E-state index contributed by atoms with van der Waals surface area (Å²) in [6, 6.07) is 0. The minimum atomic E-state index is 0.473. The van der Waals surface area contributed by atoms with Crippen molar-refractivity contribution in [2.75, 3.05) is 33.3 Å². The number of ether oxygens (including phenoxy) is 1. The van der Waals surface area contributed by atoms with Gasteiger partial charge in [-0.25, -0.2) is 0 Å². The van der Waals surface area contributed by atoms with Crippen LogP contribution in [-0.2, 0) is 4.74 Å². The average Bonchev–Trinajstić information content (AvgIpc) is 2.45. The second-order valence-corrected chi connectivity index (χ2v) is 3.55. The fourth-order valence-corrected chi connectivity index (χ4v) is 1.57. The van der Waals surface area contributed by atoms with Crippen LogP contribution in [-0.4, -0.2) is 39.4 Å². The first-order chi connectivity index (χ1) is 5.83. The first-order valence-corrected chi connectivity index (χ1v) is 4.80. The van der Waals surface area contributed by atoms with Crippen LogP contribution in [0.5, 0.6) is 0 Å². The molecule has 1 aliphatic rings. The molecule has 0 saturated carbocycles. The van der Waals surface area contributed by atoms with Gasteiger partial charge in [0.15, 0.2) is 0 Å². The Morgan fingerprint density at radius 1 is 1.42 bits per heavy atom. The van der Waals surface area contributed by atoms with Gasteiger partial charge in [-0.15, -0.1) is 0 Å². The highest BCUT2D eigenvalue weighted by Crippen LogP contribution is 2.17. The van der Waals surface area contributed by atoms with Crippen LogP contribution in [0.15, 0.2) is 0 Å². The normalized spacial score (nSPS) is 29.5. The molecule has 72 valence electrons. The first kappa shape index (κ1) is 9.96. The molecule has 2 atom stereocenters. The molecule has 2 N–H and O–H groups in total. The van der Waals surface area contributed by atoms with E-state index in [2.05, 4.69) is 17.6 Å². The van der Waals surface area contributed by atoms with Crippen molar-refractivity contribution >= 4 is 0 Å². The highest BCUT2D eigenvalue weighted by molar-refractivity contribution is 4.72. The standard InChI is InChI=1S/C9H20N2O/c1-8-5-9(7-12-8)6-11-4-3-10-2/h8-11H,3-7H2,1-2H3. The van der Waals surface area contributed by atoms with Crippen molar-refractivity contribution in [3.05, 3.63) is 0 Å². The van der Waals surface area contributed by atoms with E-state index in [0.29, 0.717) is 6.10 Å². The molecule has 1 aliphatic heterocycles. The molecular formula is C9H20N2O. The molecule has 1 fully saturated rings. The minimum Gasteiger partial charge on any atom is -0.378 e. The summed E-state index contributed by atoms with van der Waals surface area (Å²) in [5.74, 6) is 0.733. The average molecular weight is 172 g/mol. The highest BCUT2D eigenvalue weighted by Gasteiger charge is 2.20. The lowest BCUT2D eigenvalue weighted by atomic mass is 10.1. The van der Waals surface area contributed by atoms with Crippen molar-refractivity contribution in [2.24, 2.45) is 5.92 Å². The van der Waals surface area contributed by atoms with E-state index in [1.165, 1.54) is 6.42 Å². The zero-order valence-electron chi connectivity index (χ0n) is 8.10. The fraction of sp³-hybridized carbons (Fsp3) is 1.00. The van der Waals surface area contributed by atoms with Gasteiger partial charge in [0.25, 0.3) is 0 Å². The van der Waals surface area contributed by atoms with E-state index in [1.54, 1.807) is 0 Å². The van der Waals surface area contributed by atoms with Crippen LogP contribution in [0.1, 0.15) is 13.3 Å². The molecule has 0 aromatic heterocycles. The molecule has 0 amide bonds. The van der Waals surface area contributed by atoms with Crippen molar-refractivity contribution in [2.45, 2.75) is 19.4 Å². The van der Waals surface area contributed by atoms with Crippen molar-refractivity contribution < 1.29 is 4.74 Å². The van der Waals surface area contributed by atoms with Crippen LogP contribution in [0.25, 0.3) is 0 Å². The van der Waals surface area contributed by atoms with E-state index in [0.717, 1.165) is 32.2 Å². The molecule has 0 spiro atoms. The fourth-order valence-electron chi connectivity index (χ4n) is 1.57. The van der Waals surface area contributed by atoms with Crippen LogP contribution in [0.4, 0.5) is 0 Å². The predicted octanol–water partition coefficient (Wildman–Crippen LogP) is 0.220. The molecule has 0 aliphatic carbocycles. The number of nitrogens with one attached hydrogen (secondary N) is 2. The van der Waals surface area contributed by atoms with Crippen molar-refractivity contribution in [1.82, 2.24) is 10.6 Å². The Balaban J connectivity index is 1.93. The maximum absolute atomic E-state index is 5.47. The molecule has 3 nitrogen and oxygen atoms in total. The number of hydrogen-bond acceptors (Lipinski definition) is 3. The maximum atomic E-state index is 5.47. The van der Waals surface area contributed by atoms with Crippen LogP contribution in [0, 0.1) is 5.92 Å². The highest BCUT2D eigenvalue weighted by atomic mass is 16.5. The van der Waals surface area contributed by atoms with Gasteiger partial charge in [0, 0.05) is 19.6 Å². The van der Waals surface area contributed by atoms with Gasteiger partial charge >= 0.3 is 0 Å². The Kier molecular flexibility index (Phi) is 4.58. The Labute approximate surface area is 74.9 Å². The van der Waals surface area contributed by atoms with Gasteiger partial charge < -0.3 is 15.4 Å². The number of rotatable bonds is 5. The van der Waals surface area contributed by atoms with Crippen molar-refractivity contribution in [1.29, 1.82) is 0 Å². The van der Waals surface area contributed by atoms with Gasteiger partial charge in [-0.05, 0) is 26.3 Å². The van der Waals surface area contributed by atoms with E-state index in [1.807, 2.05) is 7.05 Å². The van der Waals surface area contributed by atoms with Gasteiger partial charge in [0.1, 0.15) is 0 Å². The van der Waals surface area contributed by atoms with Crippen LogP contribution in [0.3, 0.4) is 0 Å². The summed E-state index contributed by atoms with van der Waals surface area (Å²) in [6.45, 7) is 6.29. The molecular weight excluding hydrogens is 152 g/mol. The first-order valence-electron chi connectivity index (χ1n) is 4.80. The molecule has 0 aromatic rings. The third kappa shape index (κ3) is 3.52. The molecule has 0 radical (unpaired) electrons. The van der Waals surface area contributed by atoms with Crippen LogP contribution < -0.4 is 10.6 Å². The van der Waals surface area contributed by atoms with E-state index in [4.69, 9.17) is 4.74 Å². The Bertz CT molecular complexity index is 119. The molecule has 12 heavy (non-hydrogen) atoms. The minimum absolute atomic E-state index is 0.473. The van der Waals surface area contributed by atoms with Gasteiger partial charge in [0.05, 0.1) is 12.7 Å². The third-order valence-corrected chi connectivity index (χ3v) is 2.27. The maximum Gasteiger partial charge on any atom is 0.0551 e. The van der Waals surface area contributed by atoms with Crippen molar-refractivity contribution in [3.8, 4) is 0 Å². The van der Waals surface area contributed by atoms with Crippen molar-refractivity contribution in [3.63, 3.8) is 0 Å². The summed E-state index contributed by atoms with van der Waals surface area (Å²) in [5.41, 5.74) is 0. The topological polar surface area (TPSA) is 33.3 Å². The lowest BCUT2D eigenvalue weighted by Gasteiger charge is -2.08. The summed E-state index contributed by atoms with van der Waals surface area (Å²) in [6.07, 6.45) is 1.69. The Hall–Kier alpha value is -0.120. The Morgan fingerprint density at radius 2 is 2.25 bits per heavy atom. The molecule has 1 saturated heterocycles. The molecule has 0 bridgehead atoms. The zero-order valence-corrected chi connectivity index (χ0v) is 8.10. The van der Waals surface area contributed by atoms with E-state index in [-0.39, 0.29) is 0 Å². The van der Waals surface area contributed by atoms with E-state index >= 15 is 0 Å². The smallest absolute Gasteiger partial charge is 0.0551 e. The van der Waals surface area contributed by atoms with Gasteiger partial charge in [0.2, 0.25) is 0 Å². The summed E-state index contributed by atoms with van der Waals surface area (Å²) >= 11 is 0. The van der Waals surface area contributed by atoms with Gasteiger partial charge in [-0.3, -0.25) is 0 Å². The van der Waals surface area contributed by atoms with Gasteiger partial charge in [-0.1, -0.05) is 0 Å². The van der Waals surface area contributed by atoms with Crippen LogP contribution in [0.2, 0.25) is 0 Å². The number of hydrogen-bond donors (Lipinski definition) is 2.